The number of piperidine rings is 2. The van der Waals surface area contributed by atoms with Crippen LogP contribution in [-0.4, -0.2) is 86.4 Å². The van der Waals surface area contributed by atoms with Crippen LogP contribution in [0.25, 0.3) is 0 Å². The smallest absolute Gasteiger partial charge is 0.409 e. The van der Waals surface area contributed by atoms with Crippen molar-refractivity contribution in [1.82, 2.24) is 14.7 Å². The highest BCUT2D eigenvalue weighted by molar-refractivity contribution is 5.68. The van der Waals surface area contributed by atoms with E-state index in [4.69, 9.17) is 9.47 Å². The van der Waals surface area contributed by atoms with Crippen molar-refractivity contribution in [2.45, 2.75) is 58.3 Å². The normalized spacial score (nSPS) is 24.8. The van der Waals surface area contributed by atoms with Gasteiger partial charge in [-0.2, -0.15) is 0 Å². The number of amides is 2. The lowest BCUT2D eigenvalue weighted by atomic mass is 9.65. The van der Waals surface area contributed by atoms with E-state index in [1.54, 1.807) is 5.57 Å². The maximum absolute atomic E-state index is 12.3. The lowest BCUT2D eigenvalue weighted by molar-refractivity contribution is 0.0496. The van der Waals surface area contributed by atoms with E-state index in [-0.39, 0.29) is 17.6 Å². The van der Waals surface area contributed by atoms with Crippen LogP contribution in [0.5, 0.6) is 0 Å². The largest absolute Gasteiger partial charge is 0.453 e. The molecule has 0 unspecified atom stereocenters. The quantitative estimate of drug-likeness (QED) is 0.632. The highest BCUT2D eigenvalue weighted by Gasteiger charge is 2.45. The third kappa shape index (κ3) is 4.86. The number of rotatable bonds is 3. The zero-order chi connectivity index (χ0) is 21.8. The van der Waals surface area contributed by atoms with Gasteiger partial charge in [-0.15, -0.1) is 0 Å². The molecule has 0 aromatic carbocycles. The number of likely N-dealkylation sites (tertiary alicyclic amines) is 2. The zero-order valence-electron chi connectivity index (χ0n) is 19.4. The molecule has 2 saturated heterocycles. The second-order valence-corrected chi connectivity index (χ2v) is 9.83. The van der Waals surface area contributed by atoms with E-state index < -0.39 is 0 Å². The summed E-state index contributed by atoms with van der Waals surface area (Å²) in [5, 5.41) is 0. The van der Waals surface area contributed by atoms with Crippen molar-refractivity contribution >= 4 is 12.2 Å². The van der Waals surface area contributed by atoms with Crippen LogP contribution in [0.4, 0.5) is 9.59 Å². The lowest BCUT2D eigenvalue weighted by Gasteiger charge is -2.51. The van der Waals surface area contributed by atoms with Crippen molar-refractivity contribution in [1.29, 1.82) is 0 Å². The fraction of sp³-hybridized carbons (Fsp3) is 0.833. The number of carbonyl (C=O) groups is 2. The molecule has 0 aromatic heterocycles. The topological polar surface area (TPSA) is 62.3 Å². The van der Waals surface area contributed by atoms with Crippen LogP contribution < -0.4 is 0 Å². The molecule has 0 radical (unpaired) electrons. The summed E-state index contributed by atoms with van der Waals surface area (Å²) in [7, 11) is 1.50. The van der Waals surface area contributed by atoms with Gasteiger partial charge in [0.05, 0.1) is 13.7 Å². The fourth-order valence-electron chi connectivity index (χ4n) is 6.29. The van der Waals surface area contributed by atoms with Crippen LogP contribution in [0.2, 0.25) is 0 Å². The minimum Gasteiger partial charge on any atom is -0.453 e. The summed E-state index contributed by atoms with van der Waals surface area (Å²) in [4.78, 5) is 30.7. The van der Waals surface area contributed by atoms with Crippen LogP contribution >= 0.6 is 0 Å². The molecule has 0 atom stereocenters. The Hall–Kier alpha value is -1.76. The number of hydrogen-bond acceptors (Lipinski definition) is 5. The molecule has 1 aliphatic carbocycles. The van der Waals surface area contributed by atoms with Crippen molar-refractivity contribution < 1.29 is 19.1 Å². The second kappa shape index (κ2) is 9.80. The molecule has 31 heavy (non-hydrogen) atoms. The molecule has 4 rings (SSSR count). The van der Waals surface area contributed by atoms with Crippen molar-refractivity contribution in [2.24, 2.45) is 11.3 Å². The number of carbonyl (C=O) groups excluding carboxylic acids is 2. The monoisotopic (exact) mass is 433 g/mol. The van der Waals surface area contributed by atoms with Gasteiger partial charge in [-0.05, 0) is 77.3 Å². The minimum absolute atomic E-state index is 0.159. The Morgan fingerprint density at radius 3 is 2.39 bits per heavy atom. The van der Waals surface area contributed by atoms with E-state index >= 15 is 0 Å². The first-order chi connectivity index (χ1) is 15.0. The van der Waals surface area contributed by atoms with Crippen LogP contribution in [0.3, 0.4) is 0 Å². The molecule has 3 heterocycles. The predicted octanol–water partition coefficient (Wildman–Crippen LogP) is 3.89. The van der Waals surface area contributed by atoms with Gasteiger partial charge in [0.25, 0.3) is 0 Å². The maximum Gasteiger partial charge on any atom is 0.409 e. The third-order valence-corrected chi connectivity index (χ3v) is 8.00. The molecular formula is C24H39N3O4. The molecule has 7 nitrogen and oxygen atoms in total. The van der Waals surface area contributed by atoms with Gasteiger partial charge in [0.1, 0.15) is 0 Å². The Morgan fingerprint density at radius 1 is 1.00 bits per heavy atom. The summed E-state index contributed by atoms with van der Waals surface area (Å²) >= 11 is 0. The average molecular weight is 434 g/mol. The first-order valence-electron chi connectivity index (χ1n) is 12.2. The molecule has 4 aliphatic rings. The maximum atomic E-state index is 12.3. The van der Waals surface area contributed by atoms with Gasteiger partial charge in [0, 0.05) is 38.1 Å². The van der Waals surface area contributed by atoms with Gasteiger partial charge in [-0.25, -0.2) is 9.59 Å². The van der Waals surface area contributed by atoms with Crippen LogP contribution in [0.15, 0.2) is 11.1 Å². The molecule has 3 aliphatic heterocycles. The van der Waals surface area contributed by atoms with E-state index in [0.717, 1.165) is 77.9 Å². The molecule has 0 saturated carbocycles. The summed E-state index contributed by atoms with van der Waals surface area (Å²) in [5.41, 5.74) is 3.36. The standard InChI is InChI=1S/C24H39N3O4/c1-3-31-23(29)26-12-8-19(9-13-26)16-25-14-10-24(11-15-25)18-27(22(28)30-2)17-20-6-4-5-7-21(20)24/h19H,3-18H2,1-2H3. The van der Waals surface area contributed by atoms with Gasteiger partial charge in [-0.1, -0.05) is 11.1 Å². The third-order valence-electron chi connectivity index (χ3n) is 8.00. The first kappa shape index (κ1) is 22.4. The van der Waals surface area contributed by atoms with E-state index in [1.165, 1.54) is 31.9 Å². The summed E-state index contributed by atoms with van der Waals surface area (Å²) in [5.74, 6) is 0.655. The average Bonchev–Trinajstić information content (AvgIpc) is 2.81. The molecule has 1 spiro atoms. The number of nitrogens with zero attached hydrogens (tertiary/aromatic N) is 3. The summed E-state index contributed by atoms with van der Waals surface area (Å²) in [6.45, 7) is 8.85. The Balaban J connectivity index is 1.33. The van der Waals surface area contributed by atoms with Gasteiger partial charge < -0.3 is 24.2 Å². The van der Waals surface area contributed by atoms with E-state index in [2.05, 4.69) is 4.90 Å². The molecule has 174 valence electrons. The number of ether oxygens (including phenoxy) is 2. The number of hydrogen-bond donors (Lipinski definition) is 0. The van der Waals surface area contributed by atoms with Gasteiger partial charge in [0.2, 0.25) is 0 Å². The highest BCUT2D eigenvalue weighted by atomic mass is 16.6. The van der Waals surface area contributed by atoms with Crippen molar-refractivity contribution in [2.75, 3.05) is 59.5 Å². The van der Waals surface area contributed by atoms with Crippen molar-refractivity contribution in [3.63, 3.8) is 0 Å². The van der Waals surface area contributed by atoms with Gasteiger partial charge in [0.15, 0.2) is 0 Å². The Bertz CT molecular complexity index is 691. The second-order valence-electron chi connectivity index (χ2n) is 9.83. The van der Waals surface area contributed by atoms with E-state index in [9.17, 15) is 9.59 Å². The summed E-state index contributed by atoms with van der Waals surface area (Å²) < 4.78 is 10.2. The molecule has 0 N–H and O–H groups in total. The van der Waals surface area contributed by atoms with Crippen LogP contribution in [0.1, 0.15) is 58.3 Å². The molecule has 2 amide bonds. The Labute approximate surface area is 186 Å². The van der Waals surface area contributed by atoms with Crippen LogP contribution in [0, 0.1) is 11.3 Å². The molecule has 2 fully saturated rings. The summed E-state index contributed by atoms with van der Waals surface area (Å²) in [6.07, 6.45) is 8.98. The zero-order valence-corrected chi connectivity index (χ0v) is 19.4. The highest BCUT2D eigenvalue weighted by Crippen LogP contribution is 2.48. The Kier molecular flexibility index (Phi) is 7.09. The first-order valence-corrected chi connectivity index (χ1v) is 12.2. The molecule has 0 bridgehead atoms. The van der Waals surface area contributed by atoms with E-state index in [0.29, 0.717) is 12.5 Å². The predicted molar refractivity (Wildman–Crippen MR) is 119 cm³/mol. The number of methoxy groups -OCH3 is 1. The van der Waals surface area contributed by atoms with Gasteiger partial charge >= 0.3 is 12.2 Å². The Morgan fingerprint density at radius 2 is 1.71 bits per heavy atom. The van der Waals surface area contributed by atoms with Crippen molar-refractivity contribution in [3.05, 3.63) is 11.1 Å². The van der Waals surface area contributed by atoms with Crippen molar-refractivity contribution in [3.8, 4) is 0 Å². The van der Waals surface area contributed by atoms with Gasteiger partial charge in [-0.3, -0.25) is 0 Å². The minimum atomic E-state index is -0.174. The lowest BCUT2D eigenvalue weighted by Crippen LogP contribution is -2.53. The molecular weight excluding hydrogens is 394 g/mol. The fourth-order valence-corrected chi connectivity index (χ4v) is 6.29. The molecule has 0 aromatic rings. The summed E-state index contributed by atoms with van der Waals surface area (Å²) in [6, 6.07) is 0. The number of fused-ring (bicyclic) bond motifs is 1. The SMILES string of the molecule is CCOC(=O)N1CCC(CN2CCC3(CC2)CN(C(=O)OC)CC2=C3CCCC2)CC1. The van der Waals surface area contributed by atoms with Crippen LogP contribution in [-0.2, 0) is 9.47 Å². The molecule has 7 heteroatoms. The van der Waals surface area contributed by atoms with E-state index in [1.807, 2.05) is 16.7 Å².